The third-order valence-electron chi connectivity index (χ3n) is 7.93. The molecule has 2 aromatic rings. The van der Waals surface area contributed by atoms with E-state index in [0.717, 1.165) is 42.1 Å². The molecular formula is C35H48F2N2. The smallest absolute Gasteiger partial charge is 0.135 e. The summed E-state index contributed by atoms with van der Waals surface area (Å²) in [4.78, 5) is 2.64. The molecule has 0 radical (unpaired) electrons. The molecule has 1 heterocycles. The standard InChI is InChI=1S/C35H48F2N2/c1-5-9-11-27(7-3)25-39(26-28(8-4)12-10-6-2)32-18-15-29(16-19-32)13-14-30-21-22-38-35(23-30)33-20-17-31(36)24-34(33)37/h13-21,23-24,27-28,38H,5-12,22,25-26H2,1-4H3/b14-13+. The number of halogens is 2. The predicted octanol–water partition coefficient (Wildman–Crippen LogP) is 9.79. The minimum Gasteiger partial charge on any atom is -0.381 e. The maximum Gasteiger partial charge on any atom is 0.135 e. The highest BCUT2D eigenvalue weighted by atomic mass is 19.1. The molecule has 1 aliphatic heterocycles. The number of benzene rings is 2. The van der Waals surface area contributed by atoms with E-state index in [4.69, 9.17) is 0 Å². The molecule has 0 amide bonds. The minimum atomic E-state index is -0.567. The zero-order valence-electron chi connectivity index (χ0n) is 24.5. The first-order valence-corrected chi connectivity index (χ1v) is 15.1. The Morgan fingerprint density at radius 2 is 1.49 bits per heavy atom. The van der Waals surface area contributed by atoms with Crippen LogP contribution in [-0.4, -0.2) is 19.6 Å². The first kappa shape index (κ1) is 30.7. The molecule has 0 fully saturated rings. The van der Waals surface area contributed by atoms with Crippen LogP contribution in [-0.2, 0) is 0 Å². The van der Waals surface area contributed by atoms with E-state index in [2.05, 4.69) is 80.4 Å². The van der Waals surface area contributed by atoms with Crippen molar-refractivity contribution in [1.29, 1.82) is 0 Å². The lowest BCUT2D eigenvalue weighted by Crippen LogP contribution is -2.34. The van der Waals surface area contributed by atoms with Gasteiger partial charge >= 0.3 is 0 Å². The van der Waals surface area contributed by atoms with E-state index in [1.165, 1.54) is 69.2 Å². The van der Waals surface area contributed by atoms with Crippen LogP contribution < -0.4 is 10.2 Å². The first-order valence-electron chi connectivity index (χ1n) is 15.1. The van der Waals surface area contributed by atoms with E-state index < -0.39 is 11.6 Å². The summed E-state index contributed by atoms with van der Waals surface area (Å²) in [7, 11) is 0. The van der Waals surface area contributed by atoms with Gasteiger partial charge in [-0.05, 0) is 66.2 Å². The predicted molar refractivity (Wildman–Crippen MR) is 165 cm³/mol. The number of dihydropyridines is 1. The van der Waals surface area contributed by atoms with Crippen LogP contribution in [0.3, 0.4) is 0 Å². The molecule has 0 saturated heterocycles. The van der Waals surface area contributed by atoms with Gasteiger partial charge in [-0.1, -0.05) is 96.6 Å². The molecule has 1 aliphatic rings. The van der Waals surface area contributed by atoms with Gasteiger partial charge in [0.05, 0.1) is 0 Å². The summed E-state index contributed by atoms with van der Waals surface area (Å²) in [6.45, 7) is 12.1. The molecule has 0 aromatic heterocycles. The summed E-state index contributed by atoms with van der Waals surface area (Å²) >= 11 is 0. The summed E-state index contributed by atoms with van der Waals surface area (Å²) in [6.07, 6.45) is 18.3. The summed E-state index contributed by atoms with van der Waals surface area (Å²) < 4.78 is 27.6. The first-order chi connectivity index (χ1) is 19.0. The zero-order chi connectivity index (χ0) is 28.0. The molecule has 4 heteroatoms. The van der Waals surface area contributed by atoms with Gasteiger partial charge in [0.15, 0.2) is 0 Å². The lowest BCUT2D eigenvalue weighted by Gasteiger charge is -2.32. The van der Waals surface area contributed by atoms with Gasteiger partial charge in [0.1, 0.15) is 11.6 Å². The molecule has 2 unspecified atom stereocenters. The highest BCUT2D eigenvalue weighted by Gasteiger charge is 2.18. The molecule has 2 nitrogen and oxygen atoms in total. The van der Waals surface area contributed by atoms with Gasteiger partial charge in [-0.25, -0.2) is 8.78 Å². The maximum atomic E-state index is 14.3. The summed E-state index contributed by atoms with van der Waals surface area (Å²) in [5.41, 5.74) is 4.50. The Kier molecular flexibility index (Phi) is 12.8. The van der Waals surface area contributed by atoms with Crippen LogP contribution in [0.15, 0.2) is 66.3 Å². The van der Waals surface area contributed by atoms with Crippen molar-refractivity contribution in [1.82, 2.24) is 5.32 Å². The molecule has 1 N–H and O–H groups in total. The second-order valence-corrected chi connectivity index (χ2v) is 10.9. The van der Waals surface area contributed by atoms with Gasteiger partial charge in [-0.15, -0.1) is 0 Å². The molecule has 0 saturated carbocycles. The van der Waals surface area contributed by atoms with E-state index in [-0.39, 0.29) is 0 Å². The molecule has 3 rings (SSSR count). The topological polar surface area (TPSA) is 15.3 Å². The Morgan fingerprint density at radius 3 is 2.05 bits per heavy atom. The Bertz CT molecular complexity index is 1080. The Morgan fingerprint density at radius 1 is 0.846 bits per heavy atom. The third kappa shape index (κ3) is 9.67. The van der Waals surface area contributed by atoms with Crippen molar-refractivity contribution in [3.8, 4) is 0 Å². The minimum absolute atomic E-state index is 0.383. The van der Waals surface area contributed by atoms with Crippen molar-refractivity contribution >= 4 is 17.5 Å². The SMILES string of the molecule is CCCCC(CC)CN(CC(CC)CCCC)c1ccc(/C=C/C2=CCNC(c3ccc(F)cc3F)=C2)cc1. The van der Waals surface area contributed by atoms with Crippen LogP contribution in [0.5, 0.6) is 0 Å². The van der Waals surface area contributed by atoms with Crippen molar-refractivity contribution in [3.05, 3.63) is 89.0 Å². The second-order valence-electron chi connectivity index (χ2n) is 10.9. The normalized spacial score (nSPS) is 15.0. The van der Waals surface area contributed by atoms with Crippen LogP contribution in [0, 0.1) is 23.5 Å². The fraction of sp³-hybridized carbons (Fsp3) is 0.486. The molecule has 2 aromatic carbocycles. The highest BCUT2D eigenvalue weighted by molar-refractivity contribution is 5.71. The lowest BCUT2D eigenvalue weighted by atomic mass is 9.95. The number of hydrogen-bond acceptors (Lipinski definition) is 2. The maximum absolute atomic E-state index is 14.3. The van der Waals surface area contributed by atoms with Gasteiger partial charge < -0.3 is 10.2 Å². The van der Waals surface area contributed by atoms with Gasteiger partial charge in [-0.3, -0.25) is 0 Å². The summed E-state index contributed by atoms with van der Waals surface area (Å²) in [6, 6.07) is 12.6. The van der Waals surface area contributed by atoms with Crippen molar-refractivity contribution in [2.45, 2.75) is 79.1 Å². The number of allylic oxidation sites excluding steroid dienone is 3. The Hall–Kier alpha value is -2.88. The molecule has 39 heavy (non-hydrogen) atoms. The Labute approximate surface area is 235 Å². The molecule has 0 spiro atoms. The van der Waals surface area contributed by atoms with Gasteiger partial charge in [-0.2, -0.15) is 0 Å². The van der Waals surface area contributed by atoms with E-state index in [0.29, 0.717) is 17.8 Å². The average molecular weight is 535 g/mol. The van der Waals surface area contributed by atoms with Crippen molar-refractivity contribution < 1.29 is 8.78 Å². The highest BCUT2D eigenvalue weighted by Crippen LogP contribution is 2.26. The number of nitrogens with zero attached hydrogens (tertiary/aromatic N) is 1. The third-order valence-corrected chi connectivity index (χ3v) is 7.93. The molecule has 0 bridgehead atoms. The number of nitrogens with one attached hydrogen (secondary N) is 1. The largest absolute Gasteiger partial charge is 0.381 e. The summed E-state index contributed by atoms with van der Waals surface area (Å²) in [5, 5.41) is 3.19. The van der Waals surface area contributed by atoms with E-state index in [9.17, 15) is 8.78 Å². The number of unbranched alkanes of at least 4 members (excludes halogenated alkanes) is 2. The van der Waals surface area contributed by atoms with Crippen LogP contribution in [0.4, 0.5) is 14.5 Å². The summed E-state index contributed by atoms with van der Waals surface area (Å²) in [5.74, 6) is 0.334. The van der Waals surface area contributed by atoms with Crippen LogP contribution in [0.2, 0.25) is 0 Å². The zero-order valence-corrected chi connectivity index (χ0v) is 24.5. The number of hydrogen-bond donors (Lipinski definition) is 1. The van der Waals surface area contributed by atoms with Gasteiger partial charge in [0.25, 0.3) is 0 Å². The molecule has 2 atom stereocenters. The van der Waals surface area contributed by atoms with Crippen LogP contribution in [0.1, 0.15) is 90.2 Å². The monoisotopic (exact) mass is 534 g/mol. The van der Waals surface area contributed by atoms with Gasteiger partial charge in [0.2, 0.25) is 0 Å². The average Bonchev–Trinajstić information content (AvgIpc) is 2.95. The fourth-order valence-electron chi connectivity index (χ4n) is 5.28. The van der Waals surface area contributed by atoms with Crippen LogP contribution >= 0.6 is 0 Å². The van der Waals surface area contributed by atoms with Crippen molar-refractivity contribution in [2.75, 3.05) is 24.5 Å². The molecule has 0 aliphatic carbocycles. The van der Waals surface area contributed by atoms with Crippen molar-refractivity contribution in [2.24, 2.45) is 11.8 Å². The van der Waals surface area contributed by atoms with E-state index in [1.54, 1.807) is 0 Å². The van der Waals surface area contributed by atoms with E-state index in [1.807, 2.05) is 6.08 Å². The van der Waals surface area contributed by atoms with Crippen LogP contribution in [0.25, 0.3) is 11.8 Å². The quantitative estimate of drug-likeness (QED) is 0.231. The number of rotatable bonds is 16. The second kappa shape index (κ2) is 16.3. The lowest BCUT2D eigenvalue weighted by molar-refractivity contribution is 0.403. The number of anilines is 1. The molecule has 212 valence electrons. The fourth-order valence-corrected chi connectivity index (χ4v) is 5.28. The van der Waals surface area contributed by atoms with E-state index >= 15 is 0 Å². The molecular weight excluding hydrogens is 486 g/mol. The van der Waals surface area contributed by atoms with Gasteiger partial charge in [0, 0.05) is 42.6 Å². The van der Waals surface area contributed by atoms with Crippen molar-refractivity contribution in [3.63, 3.8) is 0 Å². The Balaban J connectivity index is 1.73.